The van der Waals surface area contributed by atoms with Crippen LogP contribution in [0.5, 0.6) is 0 Å². The highest BCUT2D eigenvalue weighted by molar-refractivity contribution is 5.90. The summed E-state index contributed by atoms with van der Waals surface area (Å²) in [5.74, 6) is 0.230. The van der Waals surface area contributed by atoms with E-state index in [0.717, 1.165) is 31.5 Å². The second-order valence-electron chi connectivity index (χ2n) is 7.72. The standard InChI is InChI=1S/C20H32N4O/c1-23-11-9-17(10-12-23)24-13-7-16(8-14-24)19(22)20(25)18(21)15-5-3-2-4-6-15/h2-6,16-19H,7-14,21-22H2,1H3/t18-,19?/m1/s1. The zero-order valence-electron chi connectivity index (χ0n) is 15.3. The molecule has 0 aliphatic carbocycles. The maximum atomic E-state index is 12.7. The van der Waals surface area contributed by atoms with Gasteiger partial charge in [-0.1, -0.05) is 30.3 Å². The van der Waals surface area contributed by atoms with Crippen molar-refractivity contribution in [2.45, 2.75) is 43.8 Å². The molecule has 4 N–H and O–H groups in total. The molecule has 0 radical (unpaired) electrons. The lowest BCUT2D eigenvalue weighted by atomic mass is 9.83. The van der Waals surface area contributed by atoms with Gasteiger partial charge in [-0.05, 0) is 70.4 Å². The summed E-state index contributed by atoms with van der Waals surface area (Å²) in [6, 6.07) is 9.20. The van der Waals surface area contributed by atoms with Gasteiger partial charge in [-0.15, -0.1) is 0 Å². The van der Waals surface area contributed by atoms with Crippen LogP contribution in [0.15, 0.2) is 30.3 Å². The molecular weight excluding hydrogens is 312 g/mol. The summed E-state index contributed by atoms with van der Waals surface area (Å²) in [4.78, 5) is 17.7. The number of nitrogens with two attached hydrogens (primary N) is 2. The molecule has 1 unspecified atom stereocenters. The zero-order valence-corrected chi connectivity index (χ0v) is 15.3. The number of hydrogen-bond donors (Lipinski definition) is 2. The van der Waals surface area contributed by atoms with Crippen LogP contribution in [0.25, 0.3) is 0 Å². The molecule has 1 aromatic rings. The van der Waals surface area contributed by atoms with Gasteiger partial charge in [-0.2, -0.15) is 0 Å². The molecule has 2 fully saturated rings. The van der Waals surface area contributed by atoms with E-state index in [4.69, 9.17) is 11.5 Å². The summed E-state index contributed by atoms with van der Waals surface area (Å²) in [7, 11) is 2.20. The van der Waals surface area contributed by atoms with E-state index in [1.165, 1.54) is 25.9 Å². The van der Waals surface area contributed by atoms with Crippen LogP contribution in [0.3, 0.4) is 0 Å². The first kappa shape index (κ1) is 18.5. The van der Waals surface area contributed by atoms with E-state index in [1.807, 2.05) is 30.3 Å². The molecule has 5 nitrogen and oxygen atoms in total. The van der Waals surface area contributed by atoms with Crippen LogP contribution in [0.4, 0.5) is 0 Å². The average molecular weight is 345 g/mol. The van der Waals surface area contributed by atoms with Gasteiger partial charge in [0.25, 0.3) is 0 Å². The number of ketones is 1. The van der Waals surface area contributed by atoms with Crippen molar-refractivity contribution in [3.63, 3.8) is 0 Å². The number of benzene rings is 1. The first-order chi connectivity index (χ1) is 12.1. The third kappa shape index (κ3) is 4.47. The maximum absolute atomic E-state index is 12.7. The van der Waals surface area contributed by atoms with Gasteiger partial charge >= 0.3 is 0 Å². The van der Waals surface area contributed by atoms with Crippen molar-refractivity contribution in [2.24, 2.45) is 17.4 Å². The van der Waals surface area contributed by atoms with Crippen LogP contribution in [0.1, 0.15) is 37.3 Å². The summed E-state index contributed by atoms with van der Waals surface area (Å²) in [5, 5.41) is 0. The van der Waals surface area contributed by atoms with Gasteiger partial charge in [0.1, 0.15) is 0 Å². The lowest BCUT2D eigenvalue weighted by Gasteiger charge is -2.42. The number of likely N-dealkylation sites (tertiary alicyclic amines) is 2. The van der Waals surface area contributed by atoms with Gasteiger partial charge in [0.05, 0.1) is 12.1 Å². The molecule has 0 spiro atoms. The van der Waals surface area contributed by atoms with Crippen LogP contribution < -0.4 is 11.5 Å². The van der Waals surface area contributed by atoms with Gasteiger partial charge in [0, 0.05) is 6.04 Å². The number of hydrogen-bond acceptors (Lipinski definition) is 5. The Kier molecular flexibility index (Phi) is 6.23. The summed E-state index contributed by atoms with van der Waals surface area (Å²) < 4.78 is 0. The molecule has 25 heavy (non-hydrogen) atoms. The van der Waals surface area contributed by atoms with Crippen molar-refractivity contribution in [1.29, 1.82) is 0 Å². The number of rotatable bonds is 5. The molecule has 5 heteroatoms. The fourth-order valence-electron chi connectivity index (χ4n) is 4.27. The molecule has 2 saturated heterocycles. The summed E-state index contributed by atoms with van der Waals surface area (Å²) in [6.07, 6.45) is 4.51. The fraction of sp³-hybridized carbons (Fsp3) is 0.650. The van der Waals surface area contributed by atoms with E-state index in [0.29, 0.717) is 6.04 Å². The number of Topliss-reactive ketones (excluding diaryl/α,β-unsaturated/α-hetero) is 1. The van der Waals surface area contributed by atoms with E-state index in [-0.39, 0.29) is 11.7 Å². The lowest BCUT2D eigenvalue weighted by molar-refractivity contribution is -0.123. The molecular formula is C20H32N4O. The van der Waals surface area contributed by atoms with Crippen molar-refractivity contribution < 1.29 is 4.79 Å². The Morgan fingerprint density at radius 1 is 1.00 bits per heavy atom. The monoisotopic (exact) mass is 344 g/mol. The third-order valence-electron chi connectivity index (χ3n) is 6.08. The summed E-state index contributed by atoms with van der Waals surface area (Å²) >= 11 is 0. The van der Waals surface area contributed by atoms with Crippen molar-refractivity contribution in [2.75, 3.05) is 33.2 Å². The Morgan fingerprint density at radius 2 is 1.60 bits per heavy atom. The third-order valence-corrected chi connectivity index (χ3v) is 6.08. The number of carbonyl (C=O) groups is 1. The lowest BCUT2D eigenvalue weighted by Crippen LogP contribution is -2.51. The Balaban J connectivity index is 1.51. The Labute approximate surface area is 151 Å². The minimum atomic E-state index is -0.608. The van der Waals surface area contributed by atoms with Gasteiger partial charge in [0.2, 0.25) is 0 Å². The second-order valence-corrected chi connectivity index (χ2v) is 7.72. The molecule has 0 aromatic heterocycles. The quantitative estimate of drug-likeness (QED) is 0.844. The summed E-state index contributed by atoms with van der Waals surface area (Å²) in [5.41, 5.74) is 13.3. The number of nitrogens with zero attached hydrogens (tertiary/aromatic N) is 2. The highest BCUT2D eigenvalue weighted by Gasteiger charge is 2.33. The minimum Gasteiger partial charge on any atom is -0.321 e. The Hall–Kier alpha value is -1.27. The van der Waals surface area contributed by atoms with E-state index in [1.54, 1.807) is 0 Å². The van der Waals surface area contributed by atoms with E-state index >= 15 is 0 Å². The maximum Gasteiger partial charge on any atom is 0.170 e. The summed E-state index contributed by atoms with van der Waals surface area (Å²) in [6.45, 7) is 4.49. The van der Waals surface area contributed by atoms with Crippen LogP contribution >= 0.6 is 0 Å². The zero-order chi connectivity index (χ0) is 17.8. The van der Waals surface area contributed by atoms with Gasteiger partial charge in [0.15, 0.2) is 5.78 Å². The van der Waals surface area contributed by atoms with E-state index in [2.05, 4.69) is 16.8 Å². The highest BCUT2D eigenvalue weighted by Crippen LogP contribution is 2.26. The van der Waals surface area contributed by atoms with Gasteiger partial charge in [-0.25, -0.2) is 0 Å². The second kappa shape index (κ2) is 8.41. The van der Waals surface area contributed by atoms with Crippen molar-refractivity contribution >= 4 is 5.78 Å². The molecule has 2 heterocycles. The first-order valence-corrected chi connectivity index (χ1v) is 9.58. The highest BCUT2D eigenvalue weighted by atomic mass is 16.1. The SMILES string of the molecule is CN1CCC(N2CCC(C(N)C(=O)[C@H](N)c3ccccc3)CC2)CC1. The molecule has 2 atom stereocenters. The molecule has 0 saturated carbocycles. The topological polar surface area (TPSA) is 75.6 Å². The molecule has 0 amide bonds. The first-order valence-electron chi connectivity index (χ1n) is 9.58. The normalized spacial score (nSPS) is 24.1. The predicted molar refractivity (Wildman–Crippen MR) is 101 cm³/mol. The predicted octanol–water partition coefficient (Wildman–Crippen LogP) is 1.39. The molecule has 0 bridgehead atoms. The number of carbonyl (C=O) groups excluding carboxylic acids is 1. The smallest absolute Gasteiger partial charge is 0.170 e. The fourth-order valence-corrected chi connectivity index (χ4v) is 4.27. The van der Waals surface area contributed by atoms with Crippen LogP contribution in [0.2, 0.25) is 0 Å². The Morgan fingerprint density at radius 3 is 2.20 bits per heavy atom. The molecule has 2 aliphatic rings. The average Bonchev–Trinajstić information content (AvgIpc) is 2.67. The van der Waals surface area contributed by atoms with Crippen molar-refractivity contribution in [1.82, 2.24) is 9.80 Å². The molecule has 3 rings (SSSR count). The minimum absolute atomic E-state index is 0.0241. The van der Waals surface area contributed by atoms with E-state index in [9.17, 15) is 4.79 Å². The Bertz CT molecular complexity index is 548. The molecule has 1 aromatic carbocycles. The molecule has 2 aliphatic heterocycles. The van der Waals surface area contributed by atoms with Crippen LogP contribution in [-0.2, 0) is 4.79 Å². The largest absolute Gasteiger partial charge is 0.321 e. The van der Waals surface area contributed by atoms with Gasteiger partial charge in [-0.3, -0.25) is 4.79 Å². The van der Waals surface area contributed by atoms with Crippen LogP contribution in [0, 0.1) is 5.92 Å². The number of piperidine rings is 2. The van der Waals surface area contributed by atoms with Gasteiger partial charge < -0.3 is 21.3 Å². The van der Waals surface area contributed by atoms with Crippen molar-refractivity contribution in [3.05, 3.63) is 35.9 Å². The van der Waals surface area contributed by atoms with E-state index < -0.39 is 12.1 Å². The van der Waals surface area contributed by atoms with Crippen LogP contribution in [-0.4, -0.2) is 60.9 Å². The molecule has 138 valence electrons. The van der Waals surface area contributed by atoms with Crippen molar-refractivity contribution in [3.8, 4) is 0 Å².